The molecule has 0 bridgehead atoms. The van der Waals surface area contributed by atoms with Gasteiger partial charge in [-0.1, -0.05) is 20.8 Å². The first-order chi connectivity index (χ1) is 12.1. The van der Waals surface area contributed by atoms with Gasteiger partial charge in [-0.05, 0) is 44.0 Å². The van der Waals surface area contributed by atoms with Gasteiger partial charge < -0.3 is 9.16 Å². The Morgan fingerprint density at radius 2 is 2.04 bits per heavy atom. The second-order valence-electron chi connectivity index (χ2n) is 8.53. The van der Waals surface area contributed by atoms with Gasteiger partial charge in [0.1, 0.15) is 5.56 Å². The highest BCUT2D eigenvalue weighted by Gasteiger charge is 2.37. The first-order valence-electron chi connectivity index (χ1n) is 9.32. The summed E-state index contributed by atoms with van der Waals surface area (Å²) in [6, 6.07) is 1.84. The van der Waals surface area contributed by atoms with E-state index in [0.29, 0.717) is 30.3 Å². The Labute approximate surface area is 156 Å². The number of aromatic nitrogens is 3. The summed E-state index contributed by atoms with van der Waals surface area (Å²) in [4.78, 5) is 17.0. The summed E-state index contributed by atoms with van der Waals surface area (Å²) in [6.07, 6.45) is 4.12. The van der Waals surface area contributed by atoms with Gasteiger partial charge in [-0.3, -0.25) is 0 Å². The van der Waals surface area contributed by atoms with Crippen LogP contribution in [0.4, 0.5) is 0 Å². The zero-order valence-corrected chi connectivity index (χ0v) is 17.6. The standard InChI is InChI=1S/C19H29N3O3Si/c1-7-24-18(23)15-10-16(13-8-9-13)21-22-11-14(20-17(15)22)12-25-26(5,6)19(2,3)4/h10-11,13H,7-9,12H2,1-6H3. The van der Waals surface area contributed by atoms with Crippen molar-refractivity contribution in [2.75, 3.05) is 6.61 Å². The summed E-state index contributed by atoms with van der Waals surface area (Å²) >= 11 is 0. The normalized spacial score (nSPS) is 15.5. The molecule has 6 nitrogen and oxygen atoms in total. The van der Waals surface area contributed by atoms with E-state index in [2.05, 4.69) is 43.9 Å². The lowest BCUT2D eigenvalue weighted by molar-refractivity contribution is 0.0527. The minimum Gasteiger partial charge on any atom is -0.462 e. The van der Waals surface area contributed by atoms with Crippen LogP contribution in [0.25, 0.3) is 5.65 Å². The summed E-state index contributed by atoms with van der Waals surface area (Å²) in [6.45, 7) is 13.7. The molecule has 0 unspecified atom stereocenters. The van der Waals surface area contributed by atoms with E-state index in [1.807, 2.05) is 19.2 Å². The van der Waals surface area contributed by atoms with Crippen molar-refractivity contribution in [3.63, 3.8) is 0 Å². The first-order valence-corrected chi connectivity index (χ1v) is 12.2. The van der Waals surface area contributed by atoms with Gasteiger partial charge in [-0.2, -0.15) is 5.10 Å². The van der Waals surface area contributed by atoms with E-state index >= 15 is 0 Å². The van der Waals surface area contributed by atoms with Gasteiger partial charge in [0.05, 0.1) is 30.8 Å². The van der Waals surface area contributed by atoms with Crippen molar-refractivity contribution >= 4 is 19.9 Å². The SMILES string of the molecule is CCOC(=O)c1cc(C2CC2)nn2cc(CO[Si](C)(C)C(C)(C)C)nc12. The number of rotatable bonds is 6. The topological polar surface area (TPSA) is 65.7 Å². The van der Waals surface area contributed by atoms with Crippen LogP contribution in [0.15, 0.2) is 12.3 Å². The van der Waals surface area contributed by atoms with Gasteiger partial charge in [-0.15, -0.1) is 0 Å². The van der Waals surface area contributed by atoms with Crippen molar-refractivity contribution in [1.82, 2.24) is 14.6 Å². The molecule has 0 atom stereocenters. The maximum Gasteiger partial charge on any atom is 0.342 e. The molecule has 26 heavy (non-hydrogen) atoms. The zero-order valence-electron chi connectivity index (χ0n) is 16.6. The van der Waals surface area contributed by atoms with Gasteiger partial charge in [0.25, 0.3) is 0 Å². The minimum atomic E-state index is -1.86. The van der Waals surface area contributed by atoms with E-state index in [-0.39, 0.29) is 11.0 Å². The van der Waals surface area contributed by atoms with Crippen LogP contribution < -0.4 is 0 Å². The molecule has 0 radical (unpaired) electrons. The Morgan fingerprint density at radius 3 is 2.62 bits per heavy atom. The van der Waals surface area contributed by atoms with Crippen LogP contribution in [0.3, 0.4) is 0 Å². The fourth-order valence-electron chi connectivity index (χ4n) is 2.52. The highest BCUT2D eigenvalue weighted by atomic mass is 28.4. The van der Waals surface area contributed by atoms with Crippen molar-refractivity contribution in [3.05, 3.63) is 29.2 Å². The molecule has 7 heteroatoms. The van der Waals surface area contributed by atoms with Gasteiger partial charge in [0.15, 0.2) is 14.0 Å². The number of hydrogen-bond donors (Lipinski definition) is 0. The Kier molecular flexibility index (Phi) is 4.96. The number of esters is 1. The smallest absolute Gasteiger partial charge is 0.342 e. The predicted molar refractivity (Wildman–Crippen MR) is 103 cm³/mol. The number of ether oxygens (including phenoxy) is 1. The van der Waals surface area contributed by atoms with Crippen LogP contribution in [0.1, 0.15) is 68.2 Å². The lowest BCUT2D eigenvalue weighted by Gasteiger charge is -2.35. The van der Waals surface area contributed by atoms with Crippen molar-refractivity contribution in [3.8, 4) is 0 Å². The maximum absolute atomic E-state index is 12.4. The molecule has 0 aromatic carbocycles. The zero-order chi connectivity index (χ0) is 19.1. The number of fused-ring (bicyclic) bond motifs is 1. The van der Waals surface area contributed by atoms with Crippen molar-refractivity contribution in [1.29, 1.82) is 0 Å². The predicted octanol–water partition coefficient (Wildman–Crippen LogP) is 4.31. The monoisotopic (exact) mass is 375 g/mol. The molecule has 0 spiro atoms. The molecule has 0 saturated heterocycles. The Hall–Kier alpha value is -1.73. The summed E-state index contributed by atoms with van der Waals surface area (Å²) in [5.74, 6) is 0.103. The molecule has 2 aromatic heterocycles. The van der Waals surface area contributed by atoms with E-state index in [1.165, 1.54) is 0 Å². The molecule has 142 valence electrons. The average Bonchev–Trinajstić information content (AvgIpc) is 3.31. The molecule has 2 heterocycles. The third-order valence-electron chi connectivity index (χ3n) is 5.37. The second-order valence-corrected chi connectivity index (χ2v) is 13.3. The molecule has 1 aliphatic rings. The highest BCUT2D eigenvalue weighted by molar-refractivity contribution is 6.74. The van der Waals surface area contributed by atoms with Crippen LogP contribution in [-0.4, -0.2) is 35.5 Å². The number of carbonyl (C=O) groups excluding carboxylic acids is 1. The van der Waals surface area contributed by atoms with E-state index in [0.717, 1.165) is 24.2 Å². The second kappa shape index (κ2) is 6.77. The Morgan fingerprint density at radius 1 is 1.35 bits per heavy atom. The van der Waals surface area contributed by atoms with Gasteiger partial charge in [0, 0.05) is 5.92 Å². The molecular formula is C19H29N3O3Si. The summed E-state index contributed by atoms with van der Waals surface area (Å²) in [7, 11) is -1.86. The van der Waals surface area contributed by atoms with E-state index in [4.69, 9.17) is 9.16 Å². The Balaban J connectivity index is 1.92. The molecule has 0 amide bonds. The quantitative estimate of drug-likeness (QED) is 0.556. The van der Waals surface area contributed by atoms with Crippen LogP contribution in [0, 0.1) is 0 Å². The van der Waals surface area contributed by atoms with E-state index in [9.17, 15) is 4.79 Å². The maximum atomic E-state index is 12.4. The molecule has 2 aromatic rings. The molecule has 3 rings (SSSR count). The summed E-state index contributed by atoms with van der Waals surface area (Å²) in [5, 5.41) is 4.79. The number of imidazole rings is 1. The number of nitrogens with zero attached hydrogens (tertiary/aromatic N) is 3. The molecular weight excluding hydrogens is 346 g/mol. The fourth-order valence-corrected chi connectivity index (χ4v) is 3.46. The minimum absolute atomic E-state index is 0.139. The van der Waals surface area contributed by atoms with Gasteiger partial charge in [0.2, 0.25) is 0 Å². The van der Waals surface area contributed by atoms with Crippen molar-refractivity contribution in [2.24, 2.45) is 0 Å². The third-order valence-corrected chi connectivity index (χ3v) is 9.85. The van der Waals surface area contributed by atoms with Crippen molar-refractivity contribution in [2.45, 2.75) is 71.2 Å². The van der Waals surface area contributed by atoms with Crippen LogP contribution in [-0.2, 0) is 15.8 Å². The summed E-state index contributed by atoms with van der Waals surface area (Å²) in [5.41, 5.74) is 2.76. The third kappa shape index (κ3) is 3.83. The summed E-state index contributed by atoms with van der Waals surface area (Å²) < 4.78 is 13.2. The largest absolute Gasteiger partial charge is 0.462 e. The Bertz CT molecular complexity index is 819. The number of carbonyl (C=O) groups is 1. The van der Waals surface area contributed by atoms with Crippen LogP contribution in [0.2, 0.25) is 18.1 Å². The first kappa shape index (κ1) is 19.0. The highest BCUT2D eigenvalue weighted by Crippen LogP contribution is 2.39. The van der Waals surface area contributed by atoms with E-state index in [1.54, 1.807) is 4.52 Å². The lowest BCUT2D eigenvalue weighted by Crippen LogP contribution is -2.40. The fraction of sp³-hybridized carbons (Fsp3) is 0.632. The molecule has 0 aliphatic heterocycles. The van der Waals surface area contributed by atoms with Crippen LogP contribution in [0.5, 0.6) is 0 Å². The lowest BCUT2D eigenvalue weighted by atomic mass is 10.2. The molecule has 1 aliphatic carbocycles. The number of hydrogen-bond acceptors (Lipinski definition) is 5. The van der Waals surface area contributed by atoms with E-state index < -0.39 is 8.32 Å². The van der Waals surface area contributed by atoms with Gasteiger partial charge >= 0.3 is 5.97 Å². The molecule has 1 fully saturated rings. The molecule has 1 saturated carbocycles. The molecule has 0 N–H and O–H groups in total. The van der Waals surface area contributed by atoms with Crippen molar-refractivity contribution < 1.29 is 14.0 Å². The van der Waals surface area contributed by atoms with Gasteiger partial charge in [-0.25, -0.2) is 14.3 Å². The van der Waals surface area contributed by atoms with Crippen LogP contribution >= 0.6 is 0 Å². The average molecular weight is 376 g/mol.